The Balaban J connectivity index is 1.48. The Morgan fingerprint density at radius 2 is 1.93 bits per heavy atom. The number of carbonyl (C=O) groups is 1. The predicted molar refractivity (Wildman–Crippen MR) is 108 cm³/mol. The first kappa shape index (κ1) is 18.2. The van der Waals surface area contributed by atoms with Crippen LogP contribution in [0.4, 0.5) is 0 Å². The van der Waals surface area contributed by atoms with Crippen molar-refractivity contribution in [1.29, 1.82) is 0 Å². The van der Waals surface area contributed by atoms with E-state index in [1.54, 1.807) is 30.3 Å². The summed E-state index contributed by atoms with van der Waals surface area (Å²) in [7, 11) is 0. The van der Waals surface area contributed by atoms with E-state index in [0.29, 0.717) is 17.1 Å². The van der Waals surface area contributed by atoms with E-state index in [2.05, 4.69) is 10.5 Å². The van der Waals surface area contributed by atoms with E-state index in [0.717, 1.165) is 16.5 Å². The van der Waals surface area contributed by atoms with Crippen LogP contribution in [0, 0.1) is 0 Å². The summed E-state index contributed by atoms with van der Waals surface area (Å²) in [6.07, 6.45) is 2.89. The minimum absolute atomic E-state index is 0.246. The number of ether oxygens (including phenoxy) is 1. The van der Waals surface area contributed by atoms with Crippen molar-refractivity contribution in [2.45, 2.75) is 0 Å². The molecule has 144 valence electrons. The van der Waals surface area contributed by atoms with Crippen LogP contribution in [0.5, 0.6) is 5.75 Å². The molecule has 7 nitrogen and oxygen atoms in total. The van der Waals surface area contributed by atoms with Gasteiger partial charge in [-0.3, -0.25) is 4.79 Å². The highest BCUT2D eigenvalue weighted by molar-refractivity contribution is 5.93. The van der Waals surface area contributed by atoms with E-state index in [4.69, 9.17) is 13.6 Å². The maximum atomic E-state index is 12.0. The summed E-state index contributed by atoms with van der Waals surface area (Å²) in [5.41, 5.74) is 3.94. The first-order valence-corrected chi connectivity index (χ1v) is 8.80. The number of nitrogens with zero attached hydrogens (tertiary/aromatic N) is 1. The molecule has 7 heteroatoms. The monoisotopic (exact) mass is 388 g/mol. The number of fused-ring (bicyclic) bond motifs is 1. The Kier molecular flexibility index (Phi) is 5.20. The van der Waals surface area contributed by atoms with Crippen LogP contribution in [0.15, 0.2) is 91.7 Å². The molecule has 4 aromatic rings. The molecule has 4 rings (SSSR count). The van der Waals surface area contributed by atoms with Crippen molar-refractivity contribution in [1.82, 2.24) is 5.43 Å². The summed E-state index contributed by atoms with van der Waals surface area (Å²) < 4.78 is 15.9. The number of nitrogens with one attached hydrogen (secondary N) is 1. The summed E-state index contributed by atoms with van der Waals surface area (Å²) in [5.74, 6) is 0.480. The zero-order valence-electron chi connectivity index (χ0n) is 15.2. The van der Waals surface area contributed by atoms with E-state index in [9.17, 15) is 9.59 Å². The normalized spacial score (nSPS) is 11.0. The van der Waals surface area contributed by atoms with Crippen LogP contribution in [0.2, 0.25) is 0 Å². The van der Waals surface area contributed by atoms with Crippen LogP contribution in [0.25, 0.3) is 22.1 Å². The fourth-order valence-electron chi connectivity index (χ4n) is 2.80. The van der Waals surface area contributed by atoms with Crippen LogP contribution < -0.4 is 15.8 Å². The topological polar surface area (TPSA) is 94.0 Å². The molecule has 0 radical (unpaired) electrons. The quantitative estimate of drug-likeness (QED) is 0.310. The minimum Gasteiger partial charge on any atom is -0.484 e. The summed E-state index contributed by atoms with van der Waals surface area (Å²) in [4.78, 5) is 23.8. The van der Waals surface area contributed by atoms with Crippen molar-refractivity contribution in [3.8, 4) is 16.9 Å². The largest absolute Gasteiger partial charge is 0.484 e. The van der Waals surface area contributed by atoms with Crippen LogP contribution >= 0.6 is 0 Å². The lowest BCUT2D eigenvalue weighted by molar-refractivity contribution is -0.123. The molecule has 0 aliphatic heterocycles. The molecule has 0 spiro atoms. The van der Waals surface area contributed by atoms with Crippen molar-refractivity contribution in [3.05, 3.63) is 89.2 Å². The van der Waals surface area contributed by atoms with Gasteiger partial charge >= 0.3 is 5.63 Å². The van der Waals surface area contributed by atoms with Gasteiger partial charge in [0.05, 0.1) is 12.5 Å². The fourth-order valence-corrected chi connectivity index (χ4v) is 2.80. The lowest BCUT2D eigenvalue weighted by Crippen LogP contribution is -2.24. The third kappa shape index (κ3) is 4.41. The second-order valence-electron chi connectivity index (χ2n) is 6.10. The Labute approximate surface area is 165 Å². The van der Waals surface area contributed by atoms with Gasteiger partial charge in [-0.1, -0.05) is 30.3 Å². The van der Waals surface area contributed by atoms with E-state index < -0.39 is 11.5 Å². The standard InChI is InChI=1S/C22H16N2O5/c25-21(24-23-13-17-7-4-10-27-17)14-28-16-8-9-18-19(15-5-2-1-3-6-15)12-22(26)29-20(18)11-16/h1-13H,14H2,(H,24,25)/b23-13+. The molecule has 0 atom stereocenters. The van der Waals surface area contributed by atoms with Gasteiger partial charge in [0, 0.05) is 17.5 Å². The maximum Gasteiger partial charge on any atom is 0.336 e. The van der Waals surface area contributed by atoms with Crippen molar-refractivity contribution in [2.24, 2.45) is 5.10 Å². The van der Waals surface area contributed by atoms with Crippen molar-refractivity contribution in [2.75, 3.05) is 6.61 Å². The van der Waals surface area contributed by atoms with Gasteiger partial charge in [0.25, 0.3) is 5.91 Å². The van der Waals surface area contributed by atoms with Gasteiger partial charge in [-0.05, 0) is 35.4 Å². The molecule has 0 saturated heterocycles. The SMILES string of the molecule is O=C(COc1ccc2c(-c3ccccc3)cc(=O)oc2c1)N/N=C/c1ccco1. The predicted octanol–water partition coefficient (Wildman–Crippen LogP) is 3.58. The van der Waals surface area contributed by atoms with Gasteiger partial charge in [0.1, 0.15) is 17.1 Å². The molecule has 0 unspecified atom stereocenters. The van der Waals surface area contributed by atoms with Gasteiger partial charge in [0.15, 0.2) is 6.61 Å². The van der Waals surface area contributed by atoms with Gasteiger partial charge in [-0.25, -0.2) is 10.2 Å². The molecule has 2 heterocycles. The molecule has 0 saturated carbocycles. The molecule has 0 aliphatic rings. The zero-order chi connectivity index (χ0) is 20.1. The van der Waals surface area contributed by atoms with Gasteiger partial charge < -0.3 is 13.6 Å². The first-order chi connectivity index (χ1) is 14.2. The smallest absolute Gasteiger partial charge is 0.336 e. The van der Waals surface area contributed by atoms with Crippen LogP contribution in [-0.2, 0) is 4.79 Å². The second kappa shape index (κ2) is 8.26. The zero-order valence-corrected chi connectivity index (χ0v) is 15.2. The fraction of sp³-hybridized carbons (Fsp3) is 0.0455. The van der Waals surface area contributed by atoms with Crippen LogP contribution in [0.1, 0.15) is 5.76 Å². The Morgan fingerprint density at radius 3 is 2.72 bits per heavy atom. The number of carbonyl (C=O) groups excluding carboxylic acids is 1. The second-order valence-corrected chi connectivity index (χ2v) is 6.10. The number of hydrogen-bond acceptors (Lipinski definition) is 6. The highest BCUT2D eigenvalue weighted by atomic mass is 16.5. The molecule has 1 N–H and O–H groups in total. The average molecular weight is 388 g/mol. The maximum absolute atomic E-state index is 12.0. The molecular formula is C22H16N2O5. The van der Waals surface area contributed by atoms with Gasteiger partial charge in [0.2, 0.25) is 0 Å². The van der Waals surface area contributed by atoms with Gasteiger partial charge in [-0.2, -0.15) is 5.10 Å². The number of hydrazone groups is 1. The number of rotatable bonds is 6. The highest BCUT2D eigenvalue weighted by Crippen LogP contribution is 2.29. The summed E-state index contributed by atoms with van der Waals surface area (Å²) >= 11 is 0. The number of furan rings is 1. The average Bonchev–Trinajstić information content (AvgIpc) is 3.25. The summed E-state index contributed by atoms with van der Waals surface area (Å²) in [6.45, 7) is -0.246. The van der Waals surface area contributed by atoms with Crippen molar-refractivity contribution >= 4 is 23.1 Å². The lowest BCUT2D eigenvalue weighted by atomic mass is 10.0. The first-order valence-electron chi connectivity index (χ1n) is 8.80. The summed E-state index contributed by atoms with van der Waals surface area (Å²) in [6, 6.07) is 19.5. The van der Waals surface area contributed by atoms with Crippen LogP contribution in [-0.4, -0.2) is 18.7 Å². The number of amides is 1. The van der Waals surface area contributed by atoms with Crippen molar-refractivity contribution < 1.29 is 18.4 Å². The number of benzene rings is 2. The Bertz CT molecular complexity index is 1210. The molecule has 1 amide bonds. The summed E-state index contributed by atoms with van der Waals surface area (Å²) in [5, 5.41) is 4.55. The van der Waals surface area contributed by atoms with E-state index in [-0.39, 0.29) is 6.61 Å². The Hall–Kier alpha value is -4.13. The molecule has 0 bridgehead atoms. The van der Waals surface area contributed by atoms with Crippen LogP contribution in [0.3, 0.4) is 0 Å². The molecule has 2 aromatic heterocycles. The molecular weight excluding hydrogens is 372 g/mol. The lowest BCUT2D eigenvalue weighted by Gasteiger charge is -2.08. The molecule has 0 fully saturated rings. The molecule has 2 aromatic carbocycles. The van der Waals surface area contributed by atoms with Gasteiger partial charge in [-0.15, -0.1) is 0 Å². The van der Waals surface area contributed by atoms with E-state index in [1.807, 2.05) is 30.3 Å². The van der Waals surface area contributed by atoms with E-state index in [1.165, 1.54) is 18.5 Å². The molecule has 0 aliphatic carbocycles. The molecule has 29 heavy (non-hydrogen) atoms. The van der Waals surface area contributed by atoms with E-state index >= 15 is 0 Å². The third-order valence-electron chi connectivity index (χ3n) is 4.09. The Morgan fingerprint density at radius 1 is 1.07 bits per heavy atom. The van der Waals surface area contributed by atoms with Crippen molar-refractivity contribution in [3.63, 3.8) is 0 Å². The third-order valence-corrected chi connectivity index (χ3v) is 4.09. The highest BCUT2D eigenvalue weighted by Gasteiger charge is 2.10. The minimum atomic E-state index is -0.460. The number of hydrogen-bond donors (Lipinski definition) is 1.